The molecule has 0 saturated heterocycles. The van der Waals surface area contributed by atoms with Crippen molar-refractivity contribution in [1.29, 1.82) is 0 Å². The number of nitrogens with one attached hydrogen (secondary N) is 1. The first kappa shape index (κ1) is 23.2. The number of esters is 1. The van der Waals surface area contributed by atoms with Crippen LogP contribution in [0.15, 0.2) is 83.3 Å². The second kappa shape index (κ2) is 10.4. The molecular weight excluding hydrogens is 506 g/mol. The zero-order chi connectivity index (χ0) is 24.2. The standard InChI is InChI=1S/C28H24BrN3O3/c29-20-9-6-10-21(15-20)30-26(33)18-35-28(34)27-22-11-4-5-12-24(22)31-25-13-14-32(17-23(25)27)16-19-7-2-1-3-8-19/h1-12,15H,13-14,16-18H2,(H,30,33). The lowest BCUT2D eigenvalue weighted by atomic mass is 9.95. The third kappa shape index (κ3) is 5.42. The number of carbonyl (C=O) groups is 2. The van der Waals surface area contributed by atoms with E-state index in [1.54, 1.807) is 12.1 Å². The van der Waals surface area contributed by atoms with Crippen molar-refractivity contribution in [2.45, 2.75) is 19.5 Å². The molecule has 35 heavy (non-hydrogen) atoms. The van der Waals surface area contributed by atoms with Crippen LogP contribution in [0.1, 0.15) is 27.2 Å². The van der Waals surface area contributed by atoms with Gasteiger partial charge in [-0.1, -0.05) is 70.5 Å². The van der Waals surface area contributed by atoms with Crippen molar-refractivity contribution in [3.63, 3.8) is 0 Å². The summed E-state index contributed by atoms with van der Waals surface area (Å²) in [6, 6.07) is 25.1. The van der Waals surface area contributed by atoms with Crippen LogP contribution in [0.2, 0.25) is 0 Å². The maximum atomic E-state index is 13.4. The molecule has 0 aliphatic carbocycles. The van der Waals surface area contributed by atoms with Crippen LogP contribution in [0.4, 0.5) is 5.69 Å². The summed E-state index contributed by atoms with van der Waals surface area (Å²) < 4.78 is 6.36. The molecule has 1 aromatic heterocycles. The van der Waals surface area contributed by atoms with Crippen molar-refractivity contribution in [2.24, 2.45) is 0 Å². The number of fused-ring (bicyclic) bond motifs is 2. The van der Waals surface area contributed by atoms with Gasteiger partial charge < -0.3 is 10.1 Å². The molecule has 3 aromatic carbocycles. The molecule has 0 saturated carbocycles. The van der Waals surface area contributed by atoms with Crippen LogP contribution in [-0.4, -0.2) is 34.9 Å². The Labute approximate surface area is 212 Å². The first-order chi connectivity index (χ1) is 17.1. The molecule has 0 atom stereocenters. The van der Waals surface area contributed by atoms with Gasteiger partial charge in [0, 0.05) is 52.9 Å². The minimum absolute atomic E-state index is 0.371. The molecule has 1 aliphatic heterocycles. The molecule has 4 aromatic rings. The number of hydrogen-bond acceptors (Lipinski definition) is 5. The van der Waals surface area contributed by atoms with Gasteiger partial charge in [0.05, 0.1) is 11.1 Å². The van der Waals surface area contributed by atoms with Crippen LogP contribution in [0.25, 0.3) is 10.9 Å². The summed E-state index contributed by atoms with van der Waals surface area (Å²) in [6.45, 7) is 1.87. The highest BCUT2D eigenvalue weighted by Crippen LogP contribution is 2.29. The van der Waals surface area contributed by atoms with Gasteiger partial charge in [0.1, 0.15) is 0 Å². The maximum Gasteiger partial charge on any atom is 0.339 e. The van der Waals surface area contributed by atoms with Crippen LogP contribution >= 0.6 is 15.9 Å². The normalized spacial score (nSPS) is 13.3. The summed E-state index contributed by atoms with van der Waals surface area (Å²) in [5, 5.41) is 3.50. The predicted octanol–water partition coefficient (Wildman–Crippen LogP) is 5.35. The van der Waals surface area contributed by atoms with Gasteiger partial charge >= 0.3 is 5.97 Å². The van der Waals surface area contributed by atoms with Crippen molar-refractivity contribution in [3.8, 4) is 0 Å². The lowest BCUT2D eigenvalue weighted by molar-refractivity contribution is -0.119. The van der Waals surface area contributed by atoms with Crippen molar-refractivity contribution in [2.75, 3.05) is 18.5 Å². The Bertz CT molecular complexity index is 1390. The Balaban J connectivity index is 1.38. The number of ether oxygens (including phenoxy) is 1. The van der Waals surface area contributed by atoms with Crippen molar-refractivity contribution in [3.05, 3.63) is 106 Å². The quantitative estimate of drug-likeness (QED) is 0.341. The smallest absolute Gasteiger partial charge is 0.339 e. The zero-order valence-corrected chi connectivity index (χ0v) is 20.6. The van der Waals surface area contributed by atoms with Gasteiger partial charge in [-0.3, -0.25) is 14.7 Å². The molecule has 176 valence electrons. The Hall–Kier alpha value is -3.55. The Morgan fingerprint density at radius 3 is 2.63 bits per heavy atom. The minimum Gasteiger partial charge on any atom is -0.452 e. The zero-order valence-electron chi connectivity index (χ0n) is 19.0. The monoisotopic (exact) mass is 529 g/mol. The number of nitrogens with zero attached hydrogens (tertiary/aromatic N) is 2. The second-order valence-electron chi connectivity index (χ2n) is 8.51. The fraction of sp³-hybridized carbons (Fsp3) is 0.179. The molecule has 0 fully saturated rings. The molecule has 1 amide bonds. The third-order valence-electron chi connectivity index (χ3n) is 6.02. The average molecular weight is 530 g/mol. The topological polar surface area (TPSA) is 71.5 Å². The number of aromatic nitrogens is 1. The molecule has 0 bridgehead atoms. The average Bonchev–Trinajstić information content (AvgIpc) is 2.86. The lowest BCUT2D eigenvalue weighted by Gasteiger charge is -2.30. The van der Waals surface area contributed by atoms with E-state index in [9.17, 15) is 9.59 Å². The summed E-state index contributed by atoms with van der Waals surface area (Å²) in [6.07, 6.45) is 0.747. The number of halogens is 1. The first-order valence-corrected chi connectivity index (χ1v) is 12.3. The van der Waals surface area contributed by atoms with Gasteiger partial charge in [0.25, 0.3) is 5.91 Å². The van der Waals surface area contributed by atoms with E-state index in [1.807, 2.05) is 54.6 Å². The van der Waals surface area contributed by atoms with Gasteiger partial charge in [-0.25, -0.2) is 4.79 Å². The van der Waals surface area contributed by atoms with Gasteiger partial charge in [-0.2, -0.15) is 0 Å². The maximum absolute atomic E-state index is 13.4. The number of benzene rings is 3. The van der Waals surface area contributed by atoms with Crippen LogP contribution in [-0.2, 0) is 29.0 Å². The number of para-hydroxylation sites is 1. The summed E-state index contributed by atoms with van der Waals surface area (Å²) in [5.74, 6) is -0.903. The SMILES string of the molecule is O=C(COC(=O)c1c2c(nc3ccccc13)CCN(Cc1ccccc1)C2)Nc1cccc(Br)c1. The molecular formula is C28H24BrN3O3. The van der Waals surface area contributed by atoms with Gasteiger partial charge in [0.15, 0.2) is 6.61 Å². The van der Waals surface area contributed by atoms with Crippen LogP contribution in [0.3, 0.4) is 0 Å². The Kier molecular flexibility index (Phi) is 6.88. The number of amides is 1. The molecule has 0 radical (unpaired) electrons. The number of pyridine rings is 1. The Morgan fingerprint density at radius 2 is 1.80 bits per heavy atom. The van der Waals surface area contributed by atoms with E-state index < -0.39 is 11.9 Å². The second-order valence-corrected chi connectivity index (χ2v) is 9.43. The molecule has 0 spiro atoms. The lowest BCUT2D eigenvalue weighted by Crippen LogP contribution is -2.32. The largest absolute Gasteiger partial charge is 0.452 e. The highest BCUT2D eigenvalue weighted by atomic mass is 79.9. The van der Waals surface area contributed by atoms with Gasteiger partial charge in [-0.15, -0.1) is 0 Å². The minimum atomic E-state index is -0.509. The fourth-order valence-electron chi connectivity index (χ4n) is 4.42. The van der Waals surface area contributed by atoms with Crippen molar-refractivity contribution >= 4 is 44.4 Å². The fourth-order valence-corrected chi connectivity index (χ4v) is 4.82. The van der Waals surface area contributed by atoms with E-state index in [-0.39, 0.29) is 6.61 Å². The summed E-state index contributed by atoms with van der Waals surface area (Å²) in [7, 11) is 0. The van der Waals surface area contributed by atoms with Gasteiger partial charge in [-0.05, 0) is 29.8 Å². The Morgan fingerprint density at radius 1 is 1.00 bits per heavy atom. The molecule has 6 nitrogen and oxygen atoms in total. The van der Waals surface area contributed by atoms with E-state index in [2.05, 4.69) is 38.3 Å². The van der Waals surface area contributed by atoms with Crippen molar-refractivity contribution < 1.29 is 14.3 Å². The van der Waals surface area contributed by atoms with Crippen LogP contribution < -0.4 is 5.32 Å². The third-order valence-corrected chi connectivity index (χ3v) is 6.51. The van der Waals surface area contributed by atoms with E-state index in [0.29, 0.717) is 17.8 Å². The highest BCUT2D eigenvalue weighted by molar-refractivity contribution is 9.10. The number of rotatable bonds is 6. The molecule has 5 rings (SSSR count). The molecule has 1 N–H and O–H groups in total. The van der Waals surface area contributed by atoms with E-state index in [4.69, 9.17) is 9.72 Å². The summed E-state index contributed by atoms with van der Waals surface area (Å²) in [4.78, 5) is 32.9. The van der Waals surface area contributed by atoms with Crippen LogP contribution in [0, 0.1) is 0 Å². The molecule has 2 heterocycles. The van der Waals surface area contributed by atoms with Crippen molar-refractivity contribution in [1.82, 2.24) is 9.88 Å². The predicted molar refractivity (Wildman–Crippen MR) is 139 cm³/mol. The van der Waals surface area contributed by atoms with Gasteiger partial charge in [0.2, 0.25) is 0 Å². The summed E-state index contributed by atoms with van der Waals surface area (Å²) >= 11 is 3.38. The molecule has 1 aliphatic rings. The van der Waals surface area contributed by atoms with Crippen LogP contribution in [0.5, 0.6) is 0 Å². The van der Waals surface area contributed by atoms with E-state index >= 15 is 0 Å². The van der Waals surface area contributed by atoms with E-state index in [0.717, 1.165) is 46.1 Å². The molecule has 0 unspecified atom stereocenters. The van der Waals surface area contributed by atoms with E-state index in [1.165, 1.54) is 5.56 Å². The first-order valence-electron chi connectivity index (χ1n) is 11.5. The molecule has 7 heteroatoms. The highest BCUT2D eigenvalue weighted by Gasteiger charge is 2.27. The number of hydrogen-bond donors (Lipinski definition) is 1. The number of carbonyl (C=O) groups excluding carboxylic acids is 2. The number of anilines is 1. The summed E-state index contributed by atoms with van der Waals surface area (Å²) in [5.41, 5.74) is 4.90.